The smallest absolute Gasteiger partial charge is 0.0864 e. The highest BCUT2D eigenvalue weighted by molar-refractivity contribution is 7.84. The Kier molecular flexibility index (Phi) is 5.53. The first-order valence-corrected chi connectivity index (χ1v) is 11.3. The summed E-state index contributed by atoms with van der Waals surface area (Å²) in [4.78, 5) is 8.97. The van der Waals surface area contributed by atoms with Crippen molar-refractivity contribution in [2.45, 2.75) is 42.9 Å². The maximum atomic E-state index is 11.7. The zero-order valence-electron chi connectivity index (χ0n) is 15.7. The zero-order chi connectivity index (χ0) is 18.6. The van der Waals surface area contributed by atoms with Gasteiger partial charge in [-0.3, -0.25) is 9.19 Å². The number of hydrogen-bond donors (Lipinski definition) is 1. The van der Waals surface area contributed by atoms with Crippen LogP contribution in [0.2, 0.25) is 0 Å². The lowest BCUT2D eigenvalue weighted by molar-refractivity contribution is 0.469. The molecule has 0 amide bonds. The summed E-state index contributed by atoms with van der Waals surface area (Å²) in [6, 6.07) is 18.6. The molecule has 1 aliphatic carbocycles. The van der Waals surface area contributed by atoms with Gasteiger partial charge in [-0.15, -0.1) is 0 Å². The molecule has 3 nitrogen and oxygen atoms in total. The molecule has 27 heavy (non-hydrogen) atoms. The van der Waals surface area contributed by atoms with Crippen LogP contribution < -0.4 is 0 Å². The summed E-state index contributed by atoms with van der Waals surface area (Å²) in [6.45, 7) is 0. The molecular formula is C23H26N2OS. The molecule has 0 saturated heterocycles. The van der Waals surface area contributed by atoms with Crippen molar-refractivity contribution in [1.82, 2.24) is 9.97 Å². The molecule has 0 radical (unpaired) electrons. The third-order valence-electron chi connectivity index (χ3n) is 5.68. The first-order valence-electron chi connectivity index (χ1n) is 9.74. The molecule has 2 unspecified atom stereocenters. The van der Waals surface area contributed by atoms with Gasteiger partial charge in [-0.05, 0) is 54.3 Å². The number of hydrogen-bond acceptors (Lipinski definition) is 2. The Morgan fingerprint density at radius 3 is 2.52 bits per heavy atom. The normalized spacial score (nSPS) is 17.1. The fraction of sp³-hybridized carbons (Fsp3) is 0.348. The van der Waals surface area contributed by atoms with Crippen LogP contribution in [0.3, 0.4) is 0 Å². The monoisotopic (exact) mass is 378 g/mol. The van der Waals surface area contributed by atoms with Gasteiger partial charge >= 0.3 is 0 Å². The lowest BCUT2D eigenvalue weighted by Gasteiger charge is -2.21. The van der Waals surface area contributed by atoms with Gasteiger partial charge in [-0.25, -0.2) is 0 Å². The molecule has 2 atom stereocenters. The minimum atomic E-state index is -0.936. The highest BCUT2D eigenvalue weighted by atomic mass is 32.2. The third-order valence-corrected chi connectivity index (χ3v) is 6.62. The van der Waals surface area contributed by atoms with Crippen molar-refractivity contribution in [3.05, 3.63) is 72.1 Å². The van der Waals surface area contributed by atoms with Crippen LogP contribution in [0.15, 0.2) is 65.7 Å². The van der Waals surface area contributed by atoms with E-state index in [9.17, 15) is 4.21 Å². The van der Waals surface area contributed by atoms with Crippen molar-refractivity contribution >= 4 is 10.8 Å². The lowest BCUT2D eigenvalue weighted by atomic mass is 9.86. The third kappa shape index (κ3) is 4.22. The molecule has 1 aromatic carbocycles. The summed E-state index contributed by atoms with van der Waals surface area (Å²) < 4.78 is 11.7. The number of aromatic amines is 1. The minimum Gasteiger partial charge on any atom is -0.357 e. The Hall–Kier alpha value is -2.20. The fourth-order valence-electron chi connectivity index (χ4n) is 4.20. The van der Waals surface area contributed by atoms with Gasteiger partial charge < -0.3 is 4.98 Å². The number of pyridine rings is 1. The van der Waals surface area contributed by atoms with Crippen molar-refractivity contribution in [3.8, 4) is 11.4 Å². The van der Waals surface area contributed by atoms with Crippen LogP contribution in [0.5, 0.6) is 0 Å². The van der Waals surface area contributed by atoms with E-state index >= 15 is 0 Å². The van der Waals surface area contributed by atoms with Gasteiger partial charge in [0.05, 0.1) is 11.4 Å². The number of nitrogens with one attached hydrogen (secondary N) is 1. The molecule has 1 fully saturated rings. The molecular weight excluding hydrogens is 352 g/mol. The Labute approximate surface area is 163 Å². The van der Waals surface area contributed by atoms with Gasteiger partial charge in [-0.1, -0.05) is 43.9 Å². The maximum Gasteiger partial charge on any atom is 0.0864 e. The molecule has 2 aromatic heterocycles. The van der Waals surface area contributed by atoms with Gasteiger partial charge in [0.25, 0.3) is 0 Å². The number of rotatable bonds is 6. The van der Waals surface area contributed by atoms with Crippen molar-refractivity contribution in [3.63, 3.8) is 0 Å². The van der Waals surface area contributed by atoms with Crippen LogP contribution in [-0.4, -0.2) is 20.4 Å². The topological polar surface area (TPSA) is 45.8 Å². The molecule has 0 aliphatic heterocycles. The molecule has 2 heterocycles. The summed E-state index contributed by atoms with van der Waals surface area (Å²) in [6.07, 6.45) is 10.1. The maximum absolute atomic E-state index is 11.7. The molecule has 0 bridgehead atoms. The molecule has 3 aromatic rings. The second-order valence-corrected chi connectivity index (χ2v) is 8.88. The zero-order valence-corrected chi connectivity index (χ0v) is 16.5. The van der Waals surface area contributed by atoms with E-state index in [1.54, 1.807) is 6.26 Å². The average molecular weight is 379 g/mol. The van der Waals surface area contributed by atoms with E-state index in [1.807, 2.05) is 36.5 Å². The van der Waals surface area contributed by atoms with Gasteiger partial charge in [-0.2, -0.15) is 0 Å². The summed E-state index contributed by atoms with van der Waals surface area (Å²) in [5.41, 5.74) is 4.58. The van der Waals surface area contributed by atoms with E-state index in [4.69, 9.17) is 0 Å². The first-order chi connectivity index (χ1) is 13.2. The molecule has 1 aliphatic rings. The Balaban J connectivity index is 1.65. The van der Waals surface area contributed by atoms with Gasteiger partial charge in [0.1, 0.15) is 0 Å². The average Bonchev–Trinajstić information content (AvgIpc) is 3.39. The Morgan fingerprint density at radius 2 is 1.85 bits per heavy atom. The second kappa shape index (κ2) is 8.22. The van der Waals surface area contributed by atoms with Crippen molar-refractivity contribution in [1.29, 1.82) is 0 Å². The minimum absolute atomic E-state index is 0.338. The summed E-state index contributed by atoms with van der Waals surface area (Å²) in [7, 11) is -0.936. The van der Waals surface area contributed by atoms with E-state index in [0.717, 1.165) is 28.6 Å². The summed E-state index contributed by atoms with van der Waals surface area (Å²) in [5.74, 6) is 1.13. The van der Waals surface area contributed by atoms with Crippen LogP contribution >= 0.6 is 0 Å². The van der Waals surface area contributed by atoms with Crippen molar-refractivity contribution in [2.24, 2.45) is 5.92 Å². The highest BCUT2D eigenvalue weighted by Crippen LogP contribution is 2.38. The predicted octanol–water partition coefficient (Wildman–Crippen LogP) is 5.53. The first kappa shape index (κ1) is 18.2. The summed E-state index contributed by atoms with van der Waals surface area (Å²) in [5, 5.41) is 0. The van der Waals surface area contributed by atoms with Crippen LogP contribution in [-0.2, 0) is 10.8 Å². The second-order valence-electron chi connectivity index (χ2n) is 7.50. The number of nitrogens with zero attached hydrogens (tertiary/aromatic N) is 1. The highest BCUT2D eigenvalue weighted by Gasteiger charge is 2.24. The summed E-state index contributed by atoms with van der Waals surface area (Å²) >= 11 is 0. The Morgan fingerprint density at radius 1 is 1.07 bits per heavy atom. The standard InChI is InChI=1S/C23H26N2OS/c1-27(26)19-11-9-18(10-12-19)20(16-17-6-2-3-7-17)21-13-14-23(25-21)22-8-4-5-15-24-22/h4-5,8-15,17,20,25H,2-3,6-7,16H2,1H3. The lowest BCUT2D eigenvalue weighted by Crippen LogP contribution is -2.08. The van der Waals surface area contributed by atoms with Gasteiger partial charge in [0.2, 0.25) is 0 Å². The Bertz CT molecular complexity index is 896. The van der Waals surface area contributed by atoms with E-state index in [0.29, 0.717) is 5.92 Å². The predicted molar refractivity (Wildman–Crippen MR) is 111 cm³/mol. The van der Waals surface area contributed by atoms with E-state index in [1.165, 1.54) is 36.9 Å². The number of benzene rings is 1. The van der Waals surface area contributed by atoms with E-state index in [-0.39, 0.29) is 0 Å². The molecule has 4 heteroatoms. The molecule has 4 rings (SSSR count). The van der Waals surface area contributed by atoms with E-state index in [2.05, 4.69) is 34.2 Å². The van der Waals surface area contributed by atoms with Crippen molar-refractivity contribution in [2.75, 3.05) is 6.26 Å². The number of H-pyrrole nitrogens is 1. The molecule has 140 valence electrons. The van der Waals surface area contributed by atoms with E-state index < -0.39 is 10.8 Å². The van der Waals surface area contributed by atoms with Crippen LogP contribution in [0.25, 0.3) is 11.4 Å². The fourth-order valence-corrected chi connectivity index (χ4v) is 4.72. The molecule has 1 saturated carbocycles. The van der Waals surface area contributed by atoms with Crippen LogP contribution in [0.4, 0.5) is 0 Å². The van der Waals surface area contributed by atoms with Gasteiger partial charge in [0, 0.05) is 39.8 Å². The molecule has 0 spiro atoms. The number of aromatic nitrogens is 2. The largest absolute Gasteiger partial charge is 0.357 e. The van der Waals surface area contributed by atoms with Crippen molar-refractivity contribution < 1.29 is 4.21 Å². The quantitative estimate of drug-likeness (QED) is 0.613. The SMILES string of the molecule is CS(=O)c1ccc(C(CC2CCCC2)c2ccc(-c3ccccn3)[nH]2)cc1. The molecule has 1 N–H and O–H groups in total. The van der Waals surface area contributed by atoms with Gasteiger partial charge in [0.15, 0.2) is 0 Å². The van der Waals surface area contributed by atoms with Crippen LogP contribution in [0.1, 0.15) is 49.3 Å². The van der Waals surface area contributed by atoms with Crippen LogP contribution in [0, 0.1) is 5.92 Å².